The molecule has 1 aromatic heterocycles. The number of nitrogens with zero attached hydrogens (tertiary/aromatic N) is 2. The normalized spacial score (nSPS) is 14.4. The van der Waals surface area contributed by atoms with E-state index in [1.807, 2.05) is 36.0 Å². The van der Waals surface area contributed by atoms with E-state index in [4.69, 9.17) is 9.47 Å². The van der Waals surface area contributed by atoms with Gasteiger partial charge in [-0.15, -0.1) is 0 Å². The number of hydrogen-bond donors (Lipinski definition) is 2. The molecule has 6 heteroatoms. The number of nitrogens with one attached hydrogen (secondary N) is 1. The van der Waals surface area contributed by atoms with Crippen LogP contribution in [0.25, 0.3) is 0 Å². The molecular formula is C15H19N3O3. The molecule has 21 heavy (non-hydrogen) atoms. The Bertz CT molecular complexity index is 612. The van der Waals surface area contributed by atoms with Gasteiger partial charge < -0.3 is 19.9 Å². The molecule has 6 nitrogen and oxygen atoms in total. The summed E-state index contributed by atoms with van der Waals surface area (Å²) in [4.78, 5) is 0. The maximum atomic E-state index is 10.2. The molecule has 3 rings (SSSR count). The Kier molecular flexibility index (Phi) is 4.08. The van der Waals surface area contributed by atoms with Crippen LogP contribution in [0.3, 0.4) is 0 Å². The van der Waals surface area contributed by atoms with Crippen LogP contribution in [0.1, 0.15) is 17.4 Å². The zero-order chi connectivity index (χ0) is 14.7. The van der Waals surface area contributed by atoms with Gasteiger partial charge in [0, 0.05) is 38.4 Å². The molecule has 112 valence electrons. The molecule has 0 saturated carbocycles. The van der Waals surface area contributed by atoms with Crippen LogP contribution >= 0.6 is 0 Å². The van der Waals surface area contributed by atoms with Gasteiger partial charge in [-0.3, -0.25) is 4.68 Å². The molecule has 2 aromatic rings. The van der Waals surface area contributed by atoms with Gasteiger partial charge in [-0.05, 0) is 23.8 Å². The molecule has 0 aliphatic carbocycles. The minimum absolute atomic E-state index is 0.248. The highest BCUT2D eigenvalue weighted by molar-refractivity contribution is 5.45. The van der Waals surface area contributed by atoms with Gasteiger partial charge >= 0.3 is 0 Å². The number of ether oxygens (including phenoxy) is 2. The number of hydrogen-bond acceptors (Lipinski definition) is 5. The summed E-state index contributed by atoms with van der Waals surface area (Å²) in [7, 11) is 1.93. The Labute approximate surface area is 123 Å². The van der Waals surface area contributed by atoms with Crippen molar-refractivity contribution >= 4 is 0 Å². The Morgan fingerprint density at radius 1 is 1.33 bits per heavy atom. The third-order valence-corrected chi connectivity index (χ3v) is 3.60. The van der Waals surface area contributed by atoms with Gasteiger partial charge in [0.25, 0.3) is 0 Å². The minimum Gasteiger partial charge on any atom is -0.454 e. The standard InChI is InChI=1S/C15H19N3O3/c1-18-12(5-7-17-18)4-6-16-9-13(19)11-2-3-14-15(8-11)21-10-20-14/h2-3,5,7-8,13,16,19H,4,6,9-10H2,1H3. The van der Waals surface area contributed by atoms with Crippen molar-refractivity contribution in [1.82, 2.24) is 15.1 Å². The van der Waals surface area contributed by atoms with Crippen molar-refractivity contribution < 1.29 is 14.6 Å². The van der Waals surface area contributed by atoms with Crippen molar-refractivity contribution in [3.05, 3.63) is 41.7 Å². The van der Waals surface area contributed by atoms with E-state index in [0.717, 1.165) is 24.3 Å². The first kappa shape index (κ1) is 13.9. The lowest BCUT2D eigenvalue weighted by Crippen LogP contribution is -2.24. The molecule has 0 bridgehead atoms. The van der Waals surface area contributed by atoms with E-state index in [2.05, 4.69) is 10.4 Å². The molecule has 0 amide bonds. The van der Waals surface area contributed by atoms with Crippen molar-refractivity contribution in [3.8, 4) is 11.5 Å². The summed E-state index contributed by atoms with van der Waals surface area (Å²) in [5, 5.41) is 17.6. The Hall–Kier alpha value is -2.05. The van der Waals surface area contributed by atoms with Crippen molar-refractivity contribution in [2.75, 3.05) is 19.9 Å². The molecule has 0 saturated heterocycles. The molecule has 1 atom stereocenters. The second kappa shape index (κ2) is 6.15. The second-order valence-electron chi connectivity index (χ2n) is 5.03. The first-order valence-corrected chi connectivity index (χ1v) is 6.99. The summed E-state index contributed by atoms with van der Waals surface area (Å²) in [5.74, 6) is 1.43. The topological polar surface area (TPSA) is 68.5 Å². The summed E-state index contributed by atoms with van der Waals surface area (Å²) < 4.78 is 12.4. The van der Waals surface area contributed by atoms with E-state index in [0.29, 0.717) is 12.3 Å². The van der Waals surface area contributed by atoms with Crippen LogP contribution in [0.5, 0.6) is 11.5 Å². The highest BCUT2D eigenvalue weighted by Crippen LogP contribution is 2.33. The number of aromatic nitrogens is 2. The fourth-order valence-corrected chi connectivity index (χ4v) is 2.34. The van der Waals surface area contributed by atoms with Crippen molar-refractivity contribution in [2.45, 2.75) is 12.5 Å². The van der Waals surface area contributed by atoms with Crippen LogP contribution < -0.4 is 14.8 Å². The molecule has 1 aromatic carbocycles. The SMILES string of the molecule is Cn1nccc1CCNCC(O)c1ccc2c(c1)OCO2. The third-order valence-electron chi connectivity index (χ3n) is 3.60. The largest absolute Gasteiger partial charge is 0.454 e. The van der Waals surface area contributed by atoms with Gasteiger partial charge in [0.05, 0.1) is 6.10 Å². The number of rotatable bonds is 6. The van der Waals surface area contributed by atoms with Crippen LogP contribution in [0.4, 0.5) is 0 Å². The lowest BCUT2D eigenvalue weighted by molar-refractivity contribution is 0.170. The van der Waals surface area contributed by atoms with Gasteiger partial charge in [-0.2, -0.15) is 5.10 Å². The molecule has 2 heterocycles. The molecular weight excluding hydrogens is 270 g/mol. The maximum Gasteiger partial charge on any atom is 0.231 e. The van der Waals surface area contributed by atoms with Crippen LogP contribution in [-0.2, 0) is 13.5 Å². The van der Waals surface area contributed by atoms with Gasteiger partial charge in [0.2, 0.25) is 6.79 Å². The average molecular weight is 289 g/mol. The van der Waals surface area contributed by atoms with E-state index in [1.165, 1.54) is 5.69 Å². The van der Waals surface area contributed by atoms with Crippen LogP contribution in [0, 0.1) is 0 Å². The van der Waals surface area contributed by atoms with Gasteiger partial charge in [-0.25, -0.2) is 0 Å². The number of aliphatic hydroxyl groups is 1. The zero-order valence-electron chi connectivity index (χ0n) is 12.0. The van der Waals surface area contributed by atoms with E-state index in [9.17, 15) is 5.11 Å². The summed E-state index contributed by atoms with van der Waals surface area (Å²) in [6, 6.07) is 7.52. The van der Waals surface area contributed by atoms with Gasteiger partial charge in [0.15, 0.2) is 11.5 Å². The smallest absolute Gasteiger partial charge is 0.231 e. The maximum absolute atomic E-state index is 10.2. The number of aryl methyl sites for hydroxylation is 1. The molecule has 0 spiro atoms. The lowest BCUT2D eigenvalue weighted by Gasteiger charge is -2.13. The van der Waals surface area contributed by atoms with Crippen LogP contribution in [-0.4, -0.2) is 34.8 Å². The van der Waals surface area contributed by atoms with Crippen molar-refractivity contribution in [3.63, 3.8) is 0 Å². The Morgan fingerprint density at radius 3 is 3.00 bits per heavy atom. The van der Waals surface area contributed by atoms with E-state index in [1.54, 1.807) is 6.20 Å². The molecule has 1 aliphatic heterocycles. The Balaban J connectivity index is 1.48. The highest BCUT2D eigenvalue weighted by Gasteiger charge is 2.16. The van der Waals surface area contributed by atoms with Crippen molar-refractivity contribution in [2.24, 2.45) is 7.05 Å². The summed E-state index contributed by atoms with van der Waals surface area (Å²) in [6.45, 7) is 1.54. The predicted molar refractivity (Wildman–Crippen MR) is 77.3 cm³/mol. The van der Waals surface area contributed by atoms with Crippen molar-refractivity contribution in [1.29, 1.82) is 0 Å². The van der Waals surface area contributed by atoms with E-state index in [-0.39, 0.29) is 6.79 Å². The third kappa shape index (κ3) is 3.17. The van der Waals surface area contributed by atoms with E-state index >= 15 is 0 Å². The minimum atomic E-state index is -0.564. The van der Waals surface area contributed by atoms with Crippen LogP contribution in [0.15, 0.2) is 30.5 Å². The predicted octanol–water partition coefficient (Wildman–Crippen LogP) is 1.01. The highest BCUT2D eigenvalue weighted by atomic mass is 16.7. The molecule has 0 fully saturated rings. The monoisotopic (exact) mass is 289 g/mol. The summed E-state index contributed by atoms with van der Waals surface area (Å²) >= 11 is 0. The fraction of sp³-hybridized carbons (Fsp3) is 0.400. The first-order valence-electron chi connectivity index (χ1n) is 6.99. The zero-order valence-corrected chi connectivity index (χ0v) is 12.0. The van der Waals surface area contributed by atoms with E-state index < -0.39 is 6.10 Å². The van der Waals surface area contributed by atoms with Crippen LogP contribution in [0.2, 0.25) is 0 Å². The second-order valence-corrected chi connectivity index (χ2v) is 5.03. The first-order chi connectivity index (χ1) is 10.2. The summed E-state index contributed by atoms with van der Waals surface area (Å²) in [5.41, 5.74) is 1.99. The summed E-state index contributed by atoms with van der Waals surface area (Å²) in [6.07, 6.45) is 2.10. The number of benzene rings is 1. The van der Waals surface area contributed by atoms with Gasteiger partial charge in [-0.1, -0.05) is 6.07 Å². The molecule has 2 N–H and O–H groups in total. The molecule has 1 unspecified atom stereocenters. The molecule has 1 aliphatic rings. The fourth-order valence-electron chi connectivity index (χ4n) is 2.34. The number of aliphatic hydroxyl groups excluding tert-OH is 1. The number of fused-ring (bicyclic) bond motifs is 1. The molecule has 0 radical (unpaired) electrons. The lowest BCUT2D eigenvalue weighted by atomic mass is 10.1. The average Bonchev–Trinajstić information content (AvgIpc) is 3.11. The van der Waals surface area contributed by atoms with Gasteiger partial charge in [0.1, 0.15) is 0 Å². The Morgan fingerprint density at radius 2 is 2.19 bits per heavy atom. The quantitative estimate of drug-likeness (QED) is 0.777.